The van der Waals surface area contributed by atoms with Crippen molar-refractivity contribution in [3.05, 3.63) is 24.7 Å². The molecule has 0 aliphatic heterocycles. The van der Waals surface area contributed by atoms with Gasteiger partial charge in [0.05, 0.1) is 11.0 Å². The van der Waals surface area contributed by atoms with Crippen molar-refractivity contribution in [1.29, 1.82) is 0 Å². The minimum Gasteiger partial charge on any atom is -0.324 e. The summed E-state index contributed by atoms with van der Waals surface area (Å²) in [4.78, 5) is 9.72. The van der Waals surface area contributed by atoms with Crippen LogP contribution in [0.4, 0.5) is 0 Å². The lowest BCUT2D eigenvalue weighted by molar-refractivity contribution is 0.863. The van der Waals surface area contributed by atoms with Gasteiger partial charge in [0.25, 0.3) is 0 Å². The second kappa shape index (κ2) is 2.01. The second-order valence-corrected chi connectivity index (χ2v) is 2.88. The third kappa shape index (κ3) is 0.703. The lowest BCUT2D eigenvalue weighted by atomic mass is 10.2. The highest BCUT2D eigenvalue weighted by Gasteiger charge is 2.05. The molecule has 0 saturated carbocycles. The number of aromatic nitrogens is 4. The summed E-state index contributed by atoms with van der Waals surface area (Å²) in [5.41, 5.74) is 2.71. The van der Waals surface area contributed by atoms with Crippen molar-refractivity contribution in [2.75, 3.05) is 5.84 Å². The Bertz CT molecular complexity index is 576. The number of H-pyrrole nitrogens is 1. The predicted molar refractivity (Wildman–Crippen MR) is 49.5 cm³/mol. The van der Waals surface area contributed by atoms with E-state index < -0.39 is 0 Å². The van der Waals surface area contributed by atoms with Crippen molar-refractivity contribution >= 4 is 21.9 Å². The van der Waals surface area contributed by atoms with Gasteiger partial charge >= 0.3 is 0 Å². The molecule has 0 atom stereocenters. The smallest absolute Gasteiger partial charge is 0.116 e. The number of benzene rings is 1. The molecule has 0 fully saturated rings. The minimum absolute atomic E-state index is 0.887. The van der Waals surface area contributed by atoms with Crippen LogP contribution in [0.5, 0.6) is 0 Å². The number of imidazole rings is 1. The van der Waals surface area contributed by atoms with Crippen LogP contribution in [0.1, 0.15) is 0 Å². The van der Waals surface area contributed by atoms with E-state index in [1.54, 1.807) is 6.33 Å². The fourth-order valence-corrected chi connectivity index (χ4v) is 1.53. The highest BCUT2D eigenvalue weighted by atomic mass is 15.5. The van der Waals surface area contributed by atoms with Crippen LogP contribution in [-0.2, 0) is 0 Å². The Hall–Kier alpha value is -2.04. The number of hydrogen-bond acceptors (Lipinski definition) is 3. The van der Waals surface area contributed by atoms with Crippen molar-refractivity contribution in [3.8, 4) is 0 Å². The fraction of sp³-hybridized carbons (Fsp3) is 0. The van der Waals surface area contributed by atoms with Gasteiger partial charge < -0.3 is 5.84 Å². The molecule has 5 heteroatoms. The zero-order valence-corrected chi connectivity index (χ0v) is 6.73. The molecule has 0 unspecified atom stereocenters. The Balaban J connectivity index is 2.66. The summed E-state index contributed by atoms with van der Waals surface area (Å²) in [6.07, 6.45) is 3.38. The van der Waals surface area contributed by atoms with Crippen LogP contribution in [0.15, 0.2) is 24.7 Å². The second-order valence-electron chi connectivity index (χ2n) is 2.88. The van der Waals surface area contributed by atoms with E-state index in [4.69, 9.17) is 5.84 Å². The summed E-state index contributed by atoms with van der Waals surface area (Å²) in [7, 11) is 0. The van der Waals surface area contributed by atoms with Crippen LogP contribution < -0.4 is 5.84 Å². The normalized spacial score (nSPS) is 11.4. The van der Waals surface area contributed by atoms with Crippen molar-refractivity contribution in [3.63, 3.8) is 0 Å². The van der Waals surface area contributed by atoms with E-state index in [2.05, 4.69) is 15.1 Å². The molecule has 5 nitrogen and oxygen atoms in total. The molecular formula is C8H7N5. The van der Waals surface area contributed by atoms with Gasteiger partial charge in [-0.3, -0.25) is 5.10 Å². The molecule has 0 bridgehead atoms. The van der Waals surface area contributed by atoms with Crippen molar-refractivity contribution in [2.24, 2.45) is 0 Å². The van der Waals surface area contributed by atoms with Gasteiger partial charge in [0.1, 0.15) is 11.8 Å². The van der Waals surface area contributed by atoms with E-state index in [0.29, 0.717) is 0 Å². The Kier molecular flexibility index (Phi) is 0.999. The van der Waals surface area contributed by atoms with Gasteiger partial charge in [-0.1, -0.05) is 0 Å². The molecule has 0 aliphatic rings. The first-order chi connectivity index (χ1) is 6.36. The largest absolute Gasteiger partial charge is 0.324 e. The maximum atomic E-state index is 5.65. The Labute approximate surface area is 73.1 Å². The Morgan fingerprint density at radius 3 is 3.15 bits per heavy atom. The van der Waals surface area contributed by atoms with Crippen LogP contribution in [0, 0.1) is 0 Å². The molecule has 0 amide bonds. The molecule has 2 aromatic heterocycles. The Morgan fingerprint density at radius 1 is 1.31 bits per heavy atom. The van der Waals surface area contributed by atoms with E-state index in [1.807, 2.05) is 18.3 Å². The van der Waals surface area contributed by atoms with Crippen molar-refractivity contribution in [1.82, 2.24) is 19.9 Å². The standard InChI is InChI=1S/C8H7N5/c9-13-7-2-1-6-8(11-4-10-6)5(7)3-12-13/h1-4,12H,9H2. The highest BCUT2D eigenvalue weighted by molar-refractivity contribution is 6.02. The highest BCUT2D eigenvalue weighted by Crippen LogP contribution is 2.20. The number of nitrogens with zero attached hydrogens (tertiary/aromatic N) is 3. The van der Waals surface area contributed by atoms with Crippen LogP contribution in [0.25, 0.3) is 21.9 Å². The number of fused-ring (bicyclic) bond motifs is 3. The van der Waals surface area contributed by atoms with Crippen LogP contribution in [-0.4, -0.2) is 19.9 Å². The van der Waals surface area contributed by atoms with Crippen LogP contribution >= 0.6 is 0 Å². The average molecular weight is 173 g/mol. The number of rotatable bonds is 0. The predicted octanol–water partition coefficient (Wildman–Crippen LogP) is 0.626. The van der Waals surface area contributed by atoms with Gasteiger partial charge in [0.15, 0.2) is 0 Å². The molecule has 0 radical (unpaired) electrons. The molecule has 3 rings (SSSR count). The zero-order chi connectivity index (χ0) is 8.84. The number of nitrogens with two attached hydrogens (primary N) is 1. The number of hydrogen-bond donors (Lipinski definition) is 2. The zero-order valence-electron chi connectivity index (χ0n) is 6.73. The molecule has 64 valence electrons. The first-order valence-corrected chi connectivity index (χ1v) is 3.91. The maximum Gasteiger partial charge on any atom is 0.116 e. The SMILES string of the molecule is Nn1[nH]cc2c3ncnc3ccc21. The molecule has 0 aliphatic carbocycles. The lowest BCUT2D eigenvalue weighted by Crippen LogP contribution is -2.08. The van der Waals surface area contributed by atoms with Gasteiger partial charge in [0, 0.05) is 11.6 Å². The molecule has 1 aromatic carbocycles. The lowest BCUT2D eigenvalue weighted by Gasteiger charge is -1.93. The molecule has 3 N–H and O–H groups in total. The van der Waals surface area contributed by atoms with Crippen LogP contribution in [0.2, 0.25) is 0 Å². The van der Waals surface area contributed by atoms with Gasteiger partial charge in [-0.2, -0.15) is 0 Å². The van der Waals surface area contributed by atoms with Crippen molar-refractivity contribution < 1.29 is 0 Å². The van der Waals surface area contributed by atoms with E-state index >= 15 is 0 Å². The van der Waals surface area contributed by atoms with Gasteiger partial charge in [-0.15, -0.1) is 0 Å². The first kappa shape index (κ1) is 6.47. The summed E-state index contributed by atoms with van der Waals surface area (Å²) in [5.74, 6) is 5.65. The summed E-state index contributed by atoms with van der Waals surface area (Å²) >= 11 is 0. The summed E-state index contributed by atoms with van der Waals surface area (Å²) in [5, 5.41) is 3.88. The fourth-order valence-electron chi connectivity index (χ4n) is 1.53. The monoisotopic (exact) mass is 173 g/mol. The van der Waals surface area contributed by atoms with E-state index in [0.717, 1.165) is 21.9 Å². The van der Waals surface area contributed by atoms with Crippen LogP contribution in [0.3, 0.4) is 0 Å². The van der Waals surface area contributed by atoms with E-state index in [9.17, 15) is 0 Å². The Morgan fingerprint density at radius 2 is 2.23 bits per heavy atom. The van der Waals surface area contributed by atoms with Gasteiger partial charge in [-0.05, 0) is 12.1 Å². The maximum absolute atomic E-state index is 5.65. The van der Waals surface area contributed by atoms with Gasteiger partial charge in [0.2, 0.25) is 0 Å². The van der Waals surface area contributed by atoms with E-state index in [1.165, 1.54) is 4.79 Å². The first-order valence-electron chi connectivity index (χ1n) is 3.91. The minimum atomic E-state index is 0.887. The number of nitrogen functional groups attached to an aromatic ring is 1. The molecule has 13 heavy (non-hydrogen) atoms. The molecule has 0 spiro atoms. The average Bonchev–Trinajstić information content (AvgIpc) is 2.70. The summed E-state index contributed by atoms with van der Waals surface area (Å²) < 4.78 is 0. The topological polar surface area (TPSA) is 72.5 Å². The third-order valence-corrected chi connectivity index (χ3v) is 2.16. The summed E-state index contributed by atoms with van der Waals surface area (Å²) in [6, 6.07) is 3.82. The number of aromatic amines is 1. The van der Waals surface area contributed by atoms with Crippen molar-refractivity contribution in [2.45, 2.75) is 0 Å². The quantitative estimate of drug-likeness (QED) is 0.489. The molecule has 0 saturated heterocycles. The molecular weight excluding hydrogens is 166 g/mol. The van der Waals surface area contributed by atoms with Gasteiger partial charge in [-0.25, -0.2) is 14.8 Å². The third-order valence-electron chi connectivity index (χ3n) is 2.16. The number of nitrogens with one attached hydrogen (secondary N) is 1. The summed E-state index contributed by atoms with van der Waals surface area (Å²) in [6.45, 7) is 0. The van der Waals surface area contributed by atoms with E-state index in [-0.39, 0.29) is 0 Å². The molecule has 2 heterocycles. The molecule has 3 aromatic rings.